The number of amides is 1. The van der Waals surface area contributed by atoms with Gasteiger partial charge in [0.2, 0.25) is 5.91 Å². The largest absolute Gasteiger partial charge is 0.325 e. The van der Waals surface area contributed by atoms with Crippen molar-refractivity contribution < 1.29 is 4.79 Å². The van der Waals surface area contributed by atoms with E-state index in [9.17, 15) is 4.79 Å². The first-order chi connectivity index (χ1) is 11.1. The zero-order valence-corrected chi connectivity index (χ0v) is 16.0. The molecule has 3 rings (SSSR count). The second kappa shape index (κ2) is 9.07. The minimum absolute atomic E-state index is 0. The van der Waals surface area contributed by atoms with Gasteiger partial charge in [-0.15, -0.1) is 12.4 Å². The number of hydrogen-bond acceptors (Lipinski definition) is 2. The van der Waals surface area contributed by atoms with Gasteiger partial charge in [-0.25, -0.2) is 0 Å². The predicted molar refractivity (Wildman–Crippen MR) is 103 cm³/mol. The maximum absolute atomic E-state index is 12.3. The molecular weight excluding hydrogens is 343 g/mol. The van der Waals surface area contributed by atoms with Crippen molar-refractivity contribution in [1.29, 1.82) is 0 Å². The van der Waals surface area contributed by atoms with Crippen LogP contribution in [0.2, 0.25) is 5.02 Å². The molecule has 1 aromatic carbocycles. The van der Waals surface area contributed by atoms with E-state index in [1.54, 1.807) is 0 Å². The first-order valence-electron chi connectivity index (χ1n) is 8.94. The fourth-order valence-electron chi connectivity index (χ4n) is 4.24. The van der Waals surface area contributed by atoms with Gasteiger partial charge in [0.25, 0.3) is 0 Å². The van der Waals surface area contributed by atoms with Crippen LogP contribution in [0, 0.1) is 12.8 Å². The number of hydrogen-bond donors (Lipinski definition) is 1. The fraction of sp³-hybridized carbons (Fsp3) is 0.632. The molecule has 2 aliphatic rings. The number of para-hydroxylation sites is 1. The number of nitrogens with zero attached hydrogens (tertiary/aromatic N) is 1. The topological polar surface area (TPSA) is 32.3 Å². The van der Waals surface area contributed by atoms with Gasteiger partial charge < -0.3 is 5.32 Å². The van der Waals surface area contributed by atoms with Crippen molar-refractivity contribution in [3.05, 3.63) is 28.8 Å². The molecule has 1 N–H and O–H groups in total. The molecule has 2 atom stereocenters. The van der Waals surface area contributed by atoms with Gasteiger partial charge in [0, 0.05) is 19.0 Å². The van der Waals surface area contributed by atoms with E-state index < -0.39 is 0 Å². The summed E-state index contributed by atoms with van der Waals surface area (Å²) >= 11 is 6.19. The van der Waals surface area contributed by atoms with Crippen LogP contribution >= 0.6 is 24.0 Å². The van der Waals surface area contributed by atoms with Gasteiger partial charge in [0.15, 0.2) is 0 Å². The molecule has 5 heteroatoms. The van der Waals surface area contributed by atoms with E-state index in [1.165, 1.54) is 38.5 Å². The summed E-state index contributed by atoms with van der Waals surface area (Å²) in [6.45, 7) is 3.99. The lowest BCUT2D eigenvalue weighted by Crippen LogP contribution is -2.47. The first kappa shape index (κ1) is 19.6. The smallest absolute Gasteiger partial charge is 0.225 e. The molecule has 3 nitrogen and oxygen atoms in total. The van der Waals surface area contributed by atoms with Gasteiger partial charge in [-0.2, -0.15) is 0 Å². The number of benzene rings is 1. The summed E-state index contributed by atoms with van der Waals surface area (Å²) in [6, 6.07) is 6.41. The molecule has 1 heterocycles. The van der Waals surface area contributed by atoms with E-state index in [1.807, 2.05) is 25.1 Å². The molecule has 0 unspecified atom stereocenters. The lowest BCUT2D eigenvalue weighted by molar-refractivity contribution is -0.116. The van der Waals surface area contributed by atoms with E-state index in [0.29, 0.717) is 17.5 Å². The van der Waals surface area contributed by atoms with Crippen LogP contribution in [0.5, 0.6) is 0 Å². The van der Waals surface area contributed by atoms with Crippen LogP contribution < -0.4 is 5.32 Å². The average Bonchev–Trinajstić information content (AvgIpc) is 2.56. The summed E-state index contributed by atoms with van der Waals surface area (Å²) in [7, 11) is 0. The van der Waals surface area contributed by atoms with E-state index in [2.05, 4.69) is 10.2 Å². The van der Waals surface area contributed by atoms with Gasteiger partial charge in [0.1, 0.15) is 0 Å². The number of aryl methyl sites for hydroxylation is 1. The highest BCUT2D eigenvalue weighted by molar-refractivity contribution is 6.33. The van der Waals surface area contributed by atoms with Crippen LogP contribution in [-0.2, 0) is 4.79 Å². The Hall–Kier alpha value is -0.770. The average molecular weight is 371 g/mol. The van der Waals surface area contributed by atoms with E-state index >= 15 is 0 Å². The number of carbonyl (C=O) groups is 1. The number of nitrogens with one attached hydrogen (secondary N) is 1. The van der Waals surface area contributed by atoms with Gasteiger partial charge in [-0.3, -0.25) is 9.69 Å². The van der Waals surface area contributed by atoms with Gasteiger partial charge in [-0.1, -0.05) is 36.6 Å². The summed E-state index contributed by atoms with van der Waals surface area (Å²) < 4.78 is 0. The van der Waals surface area contributed by atoms with Gasteiger partial charge in [0.05, 0.1) is 10.7 Å². The third-order valence-electron chi connectivity index (χ3n) is 5.47. The van der Waals surface area contributed by atoms with E-state index in [4.69, 9.17) is 11.6 Å². The molecule has 1 saturated heterocycles. The molecule has 1 aliphatic carbocycles. The van der Waals surface area contributed by atoms with Crippen LogP contribution in [0.3, 0.4) is 0 Å². The SMILES string of the molecule is Cc1cccc(Cl)c1NC(=O)CCN1CCC[C@@H]2CCCC[C@H]21.Cl. The maximum Gasteiger partial charge on any atom is 0.225 e. The number of halogens is 2. The molecule has 1 saturated carbocycles. The van der Waals surface area contributed by atoms with Crippen molar-refractivity contribution in [1.82, 2.24) is 4.90 Å². The van der Waals surface area contributed by atoms with Crippen molar-refractivity contribution in [2.75, 3.05) is 18.4 Å². The zero-order valence-electron chi connectivity index (χ0n) is 14.4. The predicted octanol–water partition coefficient (Wildman–Crippen LogP) is 5.05. The minimum atomic E-state index is 0. The summed E-state index contributed by atoms with van der Waals surface area (Å²) in [5.74, 6) is 0.936. The molecule has 0 bridgehead atoms. The normalized spacial score (nSPS) is 23.9. The molecule has 1 aromatic rings. The van der Waals surface area contributed by atoms with Gasteiger partial charge >= 0.3 is 0 Å². The Morgan fingerprint density at radius 1 is 1.25 bits per heavy atom. The molecule has 24 heavy (non-hydrogen) atoms. The fourth-order valence-corrected chi connectivity index (χ4v) is 4.51. The molecule has 0 radical (unpaired) electrons. The van der Waals surface area contributed by atoms with Crippen molar-refractivity contribution in [3.8, 4) is 0 Å². The molecule has 0 aromatic heterocycles. The van der Waals surface area contributed by atoms with Crippen LogP contribution in [0.4, 0.5) is 5.69 Å². The standard InChI is InChI=1S/C19H27ClN2O.ClH/c1-14-6-4-9-16(20)19(14)21-18(23)11-13-22-12-5-8-15-7-2-3-10-17(15)22;/h4,6,9,15,17H,2-3,5,7-8,10-13H2,1H3,(H,21,23);1H/t15-,17+;/m0./s1. The summed E-state index contributed by atoms with van der Waals surface area (Å²) in [4.78, 5) is 14.9. The summed E-state index contributed by atoms with van der Waals surface area (Å²) in [6.07, 6.45) is 8.65. The summed E-state index contributed by atoms with van der Waals surface area (Å²) in [5, 5.41) is 3.61. The Morgan fingerprint density at radius 3 is 2.79 bits per heavy atom. The van der Waals surface area contributed by atoms with Crippen LogP contribution in [0.25, 0.3) is 0 Å². The van der Waals surface area contributed by atoms with Crippen LogP contribution in [-0.4, -0.2) is 29.9 Å². The molecule has 1 aliphatic heterocycles. The number of piperidine rings is 1. The highest BCUT2D eigenvalue weighted by Gasteiger charge is 2.32. The Balaban J connectivity index is 0.00000208. The minimum Gasteiger partial charge on any atom is -0.325 e. The molecule has 1 amide bonds. The second-order valence-electron chi connectivity index (χ2n) is 7.02. The lowest BCUT2D eigenvalue weighted by Gasteiger charge is -2.44. The van der Waals surface area contributed by atoms with Crippen LogP contribution in [0.15, 0.2) is 18.2 Å². The Morgan fingerprint density at radius 2 is 2.00 bits per heavy atom. The number of carbonyl (C=O) groups excluding carboxylic acids is 1. The zero-order chi connectivity index (χ0) is 16.2. The van der Waals surface area contributed by atoms with Crippen molar-refractivity contribution in [2.24, 2.45) is 5.92 Å². The number of rotatable bonds is 4. The Kier molecular flexibility index (Phi) is 7.39. The van der Waals surface area contributed by atoms with Crippen molar-refractivity contribution in [3.63, 3.8) is 0 Å². The summed E-state index contributed by atoms with van der Waals surface area (Å²) in [5.41, 5.74) is 1.77. The Bertz CT molecular complexity index is 542. The van der Waals surface area contributed by atoms with Crippen molar-refractivity contribution >= 4 is 35.6 Å². The number of fused-ring (bicyclic) bond motifs is 1. The van der Waals surface area contributed by atoms with Crippen molar-refractivity contribution in [2.45, 2.75) is 57.9 Å². The molecule has 134 valence electrons. The lowest BCUT2D eigenvalue weighted by atomic mass is 9.78. The highest BCUT2D eigenvalue weighted by atomic mass is 35.5. The first-order valence-corrected chi connectivity index (χ1v) is 9.32. The molecule has 0 spiro atoms. The maximum atomic E-state index is 12.3. The monoisotopic (exact) mass is 370 g/mol. The highest BCUT2D eigenvalue weighted by Crippen LogP contribution is 2.35. The van der Waals surface area contributed by atoms with E-state index in [0.717, 1.165) is 30.3 Å². The third kappa shape index (κ3) is 4.65. The second-order valence-corrected chi connectivity index (χ2v) is 7.43. The quantitative estimate of drug-likeness (QED) is 0.803. The van der Waals surface area contributed by atoms with E-state index in [-0.39, 0.29) is 18.3 Å². The molecule has 2 fully saturated rings. The van der Waals surface area contributed by atoms with Crippen LogP contribution in [0.1, 0.15) is 50.5 Å². The Labute approximate surface area is 156 Å². The number of anilines is 1. The molecular formula is C19H28Cl2N2O. The number of likely N-dealkylation sites (tertiary alicyclic amines) is 1. The van der Waals surface area contributed by atoms with Gasteiger partial charge in [-0.05, 0) is 56.7 Å². The third-order valence-corrected chi connectivity index (χ3v) is 5.79.